The lowest BCUT2D eigenvalue weighted by Crippen LogP contribution is -2.55. The molecule has 5 heterocycles. The van der Waals surface area contributed by atoms with E-state index >= 15 is 0 Å². The Morgan fingerprint density at radius 3 is 2.81 bits per heavy atom. The number of nitrogens with one attached hydrogen (secondary N) is 3. The summed E-state index contributed by atoms with van der Waals surface area (Å²) in [5.74, 6) is 1.97. The summed E-state index contributed by atoms with van der Waals surface area (Å²) in [6.07, 6.45) is 6.37. The van der Waals surface area contributed by atoms with Crippen molar-refractivity contribution in [2.75, 3.05) is 17.2 Å². The minimum Gasteiger partial charge on any atom is -0.390 e. The lowest BCUT2D eigenvalue weighted by atomic mass is 9.81. The van der Waals surface area contributed by atoms with Crippen molar-refractivity contribution in [2.24, 2.45) is 0 Å². The van der Waals surface area contributed by atoms with Crippen LogP contribution < -0.4 is 10.6 Å². The number of aromatic nitrogens is 4. The molecular formula is C22H28N8OS. The number of aliphatic hydroxyl groups excluding tert-OH is 1. The fourth-order valence-corrected chi connectivity index (χ4v) is 6.04. The first-order valence-electron chi connectivity index (χ1n) is 11.2. The number of aryl methyl sites for hydroxylation is 1. The number of aromatic amines is 1. The summed E-state index contributed by atoms with van der Waals surface area (Å²) in [5.41, 5.74) is 1.56. The van der Waals surface area contributed by atoms with E-state index in [2.05, 4.69) is 44.8 Å². The van der Waals surface area contributed by atoms with Crippen LogP contribution in [0, 0.1) is 18.3 Å². The van der Waals surface area contributed by atoms with Gasteiger partial charge in [0.1, 0.15) is 0 Å². The van der Waals surface area contributed by atoms with Gasteiger partial charge in [-0.15, -0.1) is 11.3 Å². The molecule has 168 valence electrons. The Balaban J connectivity index is 1.37. The second-order valence-corrected chi connectivity index (χ2v) is 9.98. The number of rotatable bonds is 7. The molecule has 0 aromatic carbocycles. The van der Waals surface area contributed by atoms with E-state index in [1.54, 1.807) is 17.4 Å². The van der Waals surface area contributed by atoms with E-state index in [1.807, 2.05) is 0 Å². The van der Waals surface area contributed by atoms with Crippen LogP contribution in [0.25, 0.3) is 10.2 Å². The fourth-order valence-electron chi connectivity index (χ4n) is 5.15. The average molecular weight is 453 g/mol. The lowest BCUT2D eigenvalue weighted by molar-refractivity contribution is 0.0369. The highest BCUT2D eigenvalue weighted by Crippen LogP contribution is 2.36. The first-order chi connectivity index (χ1) is 15.6. The molecule has 5 rings (SSSR count). The number of nitriles is 1. The molecule has 0 saturated carbocycles. The normalized spacial score (nSPS) is 23.2. The maximum Gasteiger partial charge on any atom is 0.225 e. The van der Waals surface area contributed by atoms with Gasteiger partial charge in [-0.05, 0) is 38.7 Å². The number of thiophene rings is 1. The Labute approximate surface area is 190 Å². The van der Waals surface area contributed by atoms with Gasteiger partial charge in [-0.1, -0.05) is 6.42 Å². The predicted octanol–water partition coefficient (Wildman–Crippen LogP) is 3.67. The Morgan fingerprint density at radius 1 is 1.28 bits per heavy atom. The molecular weight excluding hydrogens is 424 g/mol. The van der Waals surface area contributed by atoms with E-state index in [-0.39, 0.29) is 6.61 Å². The van der Waals surface area contributed by atoms with Gasteiger partial charge in [-0.25, -0.2) is 4.98 Å². The molecule has 4 N–H and O–H groups in total. The molecule has 0 radical (unpaired) electrons. The highest BCUT2D eigenvalue weighted by Gasteiger charge is 2.38. The van der Waals surface area contributed by atoms with Gasteiger partial charge >= 0.3 is 0 Å². The van der Waals surface area contributed by atoms with Crippen molar-refractivity contribution in [3.8, 4) is 6.07 Å². The molecule has 10 heteroatoms. The van der Waals surface area contributed by atoms with E-state index in [1.165, 1.54) is 24.1 Å². The van der Waals surface area contributed by atoms with Gasteiger partial charge in [0.05, 0.1) is 28.6 Å². The zero-order valence-corrected chi connectivity index (χ0v) is 19.0. The second-order valence-electron chi connectivity index (χ2n) is 8.73. The van der Waals surface area contributed by atoms with Gasteiger partial charge in [0.25, 0.3) is 0 Å². The Kier molecular flexibility index (Phi) is 5.95. The van der Waals surface area contributed by atoms with E-state index in [0.717, 1.165) is 35.4 Å². The molecule has 2 bridgehead atoms. The van der Waals surface area contributed by atoms with Gasteiger partial charge < -0.3 is 15.7 Å². The van der Waals surface area contributed by atoms with Crippen molar-refractivity contribution in [1.82, 2.24) is 25.1 Å². The number of H-pyrrole nitrogens is 1. The third-order valence-corrected chi connectivity index (χ3v) is 7.53. The summed E-state index contributed by atoms with van der Waals surface area (Å²) >= 11 is 1.65. The van der Waals surface area contributed by atoms with Crippen LogP contribution in [0.4, 0.5) is 17.6 Å². The summed E-state index contributed by atoms with van der Waals surface area (Å²) < 4.78 is 0.991. The molecule has 2 aliphatic rings. The molecule has 0 unspecified atom stereocenters. The van der Waals surface area contributed by atoms with Crippen molar-refractivity contribution < 1.29 is 5.11 Å². The molecule has 0 amide bonds. The van der Waals surface area contributed by atoms with E-state index in [9.17, 15) is 5.11 Å². The van der Waals surface area contributed by atoms with Gasteiger partial charge in [-0.2, -0.15) is 15.3 Å². The Morgan fingerprint density at radius 2 is 2.09 bits per heavy atom. The minimum atomic E-state index is -0.0891. The number of aliphatic hydroxyl groups is 1. The molecule has 0 spiro atoms. The Hall–Kier alpha value is -2.74. The SMILES string of the molecule is Cc1cc2nc(N[C@@H]3C[C@H]4CCC[C@@H](C3)N4CCC#N)nc(Nc3cc(CO)[nH]n3)c2s1. The van der Waals surface area contributed by atoms with Crippen molar-refractivity contribution in [1.29, 1.82) is 5.26 Å². The number of nitrogens with zero attached hydrogens (tertiary/aromatic N) is 5. The summed E-state index contributed by atoms with van der Waals surface area (Å²) in [5, 5.41) is 32.2. The van der Waals surface area contributed by atoms with Gasteiger partial charge in [0.15, 0.2) is 11.6 Å². The molecule has 9 nitrogen and oxygen atoms in total. The van der Waals surface area contributed by atoms with Crippen LogP contribution in [0.3, 0.4) is 0 Å². The number of hydrogen-bond acceptors (Lipinski definition) is 9. The molecule has 2 saturated heterocycles. The molecule has 2 fully saturated rings. The van der Waals surface area contributed by atoms with Gasteiger partial charge in [-0.3, -0.25) is 10.00 Å². The van der Waals surface area contributed by atoms with Crippen molar-refractivity contribution in [3.63, 3.8) is 0 Å². The van der Waals surface area contributed by atoms with Crippen LogP contribution in [-0.4, -0.2) is 54.8 Å². The molecule has 2 aliphatic heterocycles. The number of piperidine rings is 2. The summed E-state index contributed by atoms with van der Waals surface area (Å²) in [7, 11) is 0. The highest BCUT2D eigenvalue weighted by atomic mass is 32.1. The van der Waals surface area contributed by atoms with Crippen LogP contribution in [0.2, 0.25) is 0 Å². The van der Waals surface area contributed by atoms with Gasteiger partial charge in [0, 0.05) is 42.0 Å². The summed E-state index contributed by atoms with van der Waals surface area (Å²) in [6, 6.07) is 7.54. The maximum absolute atomic E-state index is 9.30. The van der Waals surface area contributed by atoms with Crippen LogP contribution >= 0.6 is 11.3 Å². The quantitative estimate of drug-likeness (QED) is 0.428. The number of hydrogen-bond donors (Lipinski definition) is 4. The van der Waals surface area contributed by atoms with Crippen molar-refractivity contribution in [3.05, 3.63) is 22.7 Å². The number of fused-ring (bicyclic) bond motifs is 3. The second kappa shape index (κ2) is 9.02. The van der Waals surface area contributed by atoms with Gasteiger partial charge in [0.2, 0.25) is 5.95 Å². The van der Waals surface area contributed by atoms with Crippen LogP contribution in [0.15, 0.2) is 12.1 Å². The van der Waals surface area contributed by atoms with Crippen LogP contribution in [-0.2, 0) is 6.61 Å². The third kappa shape index (κ3) is 4.28. The Bertz CT molecular complexity index is 1120. The van der Waals surface area contributed by atoms with Crippen molar-refractivity contribution >= 4 is 39.1 Å². The van der Waals surface area contributed by atoms with E-state index in [0.29, 0.717) is 42.0 Å². The molecule has 3 aromatic rings. The lowest BCUT2D eigenvalue weighted by Gasteiger charge is -2.48. The first-order valence-corrected chi connectivity index (χ1v) is 12.0. The zero-order chi connectivity index (χ0) is 22.1. The molecule has 0 aliphatic carbocycles. The summed E-state index contributed by atoms with van der Waals surface area (Å²) in [6.45, 7) is 2.86. The molecule has 3 atom stereocenters. The maximum atomic E-state index is 9.30. The topological polar surface area (TPSA) is 126 Å². The average Bonchev–Trinajstić information content (AvgIpc) is 3.37. The minimum absolute atomic E-state index is 0.0891. The largest absolute Gasteiger partial charge is 0.390 e. The first kappa shape index (κ1) is 21.1. The highest BCUT2D eigenvalue weighted by molar-refractivity contribution is 7.19. The fraction of sp³-hybridized carbons (Fsp3) is 0.545. The monoisotopic (exact) mass is 452 g/mol. The van der Waals surface area contributed by atoms with Crippen LogP contribution in [0.5, 0.6) is 0 Å². The summed E-state index contributed by atoms with van der Waals surface area (Å²) in [4.78, 5) is 13.3. The smallest absolute Gasteiger partial charge is 0.225 e. The standard InChI is InChI=1S/C22H28N8OS/c1-13-8-18-20(32-13)21(26-19-11-15(12-31)28-29-19)27-22(25-18)24-14-9-16-4-2-5-17(10-14)30(16)7-3-6-23/h8,11,14,16-17,31H,2-5,7,9-10,12H2,1H3,(H3,24,25,26,27,28,29)/t14-,16-,17+. The van der Waals surface area contributed by atoms with Crippen LogP contribution in [0.1, 0.15) is 49.1 Å². The zero-order valence-electron chi connectivity index (χ0n) is 18.1. The molecule has 3 aromatic heterocycles. The number of anilines is 3. The predicted molar refractivity (Wildman–Crippen MR) is 125 cm³/mol. The third-order valence-electron chi connectivity index (χ3n) is 6.48. The van der Waals surface area contributed by atoms with E-state index < -0.39 is 0 Å². The van der Waals surface area contributed by atoms with E-state index in [4.69, 9.17) is 15.2 Å². The molecule has 32 heavy (non-hydrogen) atoms. The van der Waals surface area contributed by atoms with Crippen molar-refractivity contribution in [2.45, 2.75) is 70.2 Å².